The van der Waals surface area contributed by atoms with Crippen LogP contribution in [-0.2, 0) is 4.79 Å². The third kappa shape index (κ3) is 5.05. The van der Waals surface area contributed by atoms with Gasteiger partial charge >= 0.3 is 0 Å². The van der Waals surface area contributed by atoms with Crippen molar-refractivity contribution < 1.29 is 14.6 Å². The van der Waals surface area contributed by atoms with Gasteiger partial charge in [-0.15, -0.1) is 0 Å². The number of phenols is 1. The average molecular weight is 384 g/mol. The van der Waals surface area contributed by atoms with Crippen molar-refractivity contribution in [3.63, 3.8) is 0 Å². The van der Waals surface area contributed by atoms with Crippen molar-refractivity contribution in [1.29, 1.82) is 0 Å². The van der Waals surface area contributed by atoms with E-state index in [9.17, 15) is 4.79 Å². The monoisotopic (exact) mass is 382 g/mol. The minimum atomic E-state index is -0.392. The zero-order valence-electron chi connectivity index (χ0n) is 11.3. The summed E-state index contributed by atoms with van der Waals surface area (Å²) in [7, 11) is 0. The molecule has 0 unspecified atom stereocenters. The predicted octanol–water partition coefficient (Wildman–Crippen LogP) is 3.34. The van der Waals surface area contributed by atoms with E-state index in [1.54, 1.807) is 30.3 Å². The molecule has 2 aromatic carbocycles. The van der Waals surface area contributed by atoms with Gasteiger partial charge in [0.25, 0.3) is 5.91 Å². The summed E-state index contributed by atoms with van der Waals surface area (Å²) in [6, 6.07) is 11.4. The van der Waals surface area contributed by atoms with Crippen LogP contribution in [0.1, 0.15) is 5.56 Å². The van der Waals surface area contributed by atoms with Crippen molar-refractivity contribution in [1.82, 2.24) is 5.43 Å². The molecule has 2 aromatic rings. The van der Waals surface area contributed by atoms with Crippen LogP contribution in [0.2, 0.25) is 5.02 Å². The van der Waals surface area contributed by atoms with Gasteiger partial charge in [-0.3, -0.25) is 4.79 Å². The number of benzene rings is 2. The lowest BCUT2D eigenvalue weighted by atomic mass is 10.2. The Morgan fingerprint density at radius 1 is 1.32 bits per heavy atom. The lowest BCUT2D eigenvalue weighted by Gasteiger charge is -2.07. The van der Waals surface area contributed by atoms with E-state index in [2.05, 4.69) is 26.5 Å². The van der Waals surface area contributed by atoms with E-state index < -0.39 is 5.91 Å². The molecule has 0 atom stereocenters. The maximum Gasteiger partial charge on any atom is 0.277 e. The lowest BCUT2D eigenvalue weighted by molar-refractivity contribution is -0.123. The molecule has 7 heteroatoms. The molecule has 0 fully saturated rings. The molecule has 22 heavy (non-hydrogen) atoms. The van der Waals surface area contributed by atoms with E-state index in [1.807, 2.05) is 0 Å². The van der Waals surface area contributed by atoms with Crippen molar-refractivity contribution >= 4 is 39.7 Å². The van der Waals surface area contributed by atoms with Crippen LogP contribution in [0.15, 0.2) is 52.0 Å². The Hall–Kier alpha value is -2.05. The first-order valence-electron chi connectivity index (χ1n) is 6.23. The number of nitrogens with one attached hydrogen (secondary N) is 1. The maximum absolute atomic E-state index is 11.6. The Kier molecular flexibility index (Phi) is 5.80. The zero-order chi connectivity index (χ0) is 15.9. The maximum atomic E-state index is 11.6. The van der Waals surface area contributed by atoms with Crippen molar-refractivity contribution in [3.8, 4) is 11.5 Å². The van der Waals surface area contributed by atoms with Crippen LogP contribution >= 0.6 is 27.5 Å². The molecule has 114 valence electrons. The minimum absolute atomic E-state index is 0.170. The Morgan fingerprint density at radius 2 is 2.05 bits per heavy atom. The van der Waals surface area contributed by atoms with Crippen molar-refractivity contribution in [2.75, 3.05) is 6.61 Å². The molecule has 0 heterocycles. The fourth-order valence-corrected chi connectivity index (χ4v) is 2.30. The number of rotatable bonds is 5. The fourth-order valence-electron chi connectivity index (χ4n) is 1.51. The van der Waals surface area contributed by atoms with Crippen LogP contribution in [0.4, 0.5) is 0 Å². The van der Waals surface area contributed by atoms with Crippen molar-refractivity contribution in [2.45, 2.75) is 0 Å². The van der Waals surface area contributed by atoms with E-state index in [0.29, 0.717) is 15.2 Å². The summed E-state index contributed by atoms with van der Waals surface area (Å²) in [5.74, 6) is 0.294. The highest BCUT2D eigenvalue weighted by Crippen LogP contribution is 2.27. The average Bonchev–Trinajstić information content (AvgIpc) is 2.48. The van der Waals surface area contributed by atoms with Crippen LogP contribution in [0, 0.1) is 0 Å². The molecular weight excluding hydrogens is 372 g/mol. The molecule has 0 aliphatic rings. The number of phenolic OH excluding ortho intramolecular Hbond substituents is 1. The van der Waals surface area contributed by atoms with Gasteiger partial charge in [0.2, 0.25) is 0 Å². The zero-order valence-corrected chi connectivity index (χ0v) is 13.6. The summed E-state index contributed by atoms with van der Waals surface area (Å²) >= 11 is 9.11. The Bertz CT molecular complexity index is 690. The van der Waals surface area contributed by atoms with Gasteiger partial charge in [0.1, 0.15) is 11.5 Å². The van der Waals surface area contributed by atoms with E-state index >= 15 is 0 Å². The second-order valence-electron chi connectivity index (χ2n) is 4.25. The third-order valence-corrected chi connectivity index (χ3v) is 3.40. The standard InChI is InChI=1S/C15H12BrClN2O3/c16-13-7-11(17)3-6-14(13)22-9-15(21)19-18-8-10-1-4-12(20)5-2-10/h1-8,20H,9H2,(H,19,21)/b18-8-. The van der Waals surface area contributed by atoms with Gasteiger partial charge in [0.05, 0.1) is 10.7 Å². The summed E-state index contributed by atoms with van der Waals surface area (Å²) in [5.41, 5.74) is 3.10. The number of hydrogen-bond donors (Lipinski definition) is 2. The largest absolute Gasteiger partial charge is 0.508 e. The van der Waals surface area contributed by atoms with Gasteiger partial charge in [-0.2, -0.15) is 5.10 Å². The second-order valence-corrected chi connectivity index (χ2v) is 5.54. The number of aromatic hydroxyl groups is 1. The summed E-state index contributed by atoms with van der Waals surface area (Å²) in [6.07, 6.45) is 1.47. The molecule has 0 spiro atoms. The first kappa shape index (κ1) is 16.3. The molecule has 0 aliphatic carbocycles. The molecule has 5 nitrogen and oxygen atoms in total. The Labute approximate surface area is 140 Å². The molecular formula is C15H12BrClN2O3. The summed E-state index contributed by atoms with van der Waals surface area (Å²) in [6.45, 7) is -0.173. The van der Waals surface area contributed by atoms with E-state index in [1.165, 1.54) is 18.3 Å². The fraction of sp³-hybridized carbons (Fsp3) is 0.0667. The number of carbonyl (C=O) groups is 1. The summed E-state index contributed by atoms with van der Waals surface area (Å²) in [4.78, 5) is 11.6. The first-order valence-corrected chi connectivity index (χ1v) is 7.40. The minimum Gasteiger partial charge on any atom is -0.508 e. The molecule has 0 saturated heterocycles. The number of ether oxygens (including phenoxy) is 1. The lowest BCUT2D eigenvalue weighted by Crippen LogP contribution is -2.24. The quantitative estimate of drug-likeness (QED) is 0.614. The van der Waals surface area contributed by atoms with Gasteiger partial charge in [-0.1, -0.05) is 11.6 Å². The number of hydrazone groups is 1. The molecule has 2 N–H and O–H groups in total. The van der Waals surface area contributed by atoms with Crippen molar-refractivity contribution in [2.24, 2.45) is 5.10 Å². The highest BCUT2D eigenvalue weighted by Gasteiger charge is 2.05. The second kappa shape index (κ2) is 7.82. The van der Waals surface area contributed by atoms with Gasteiger partial charge in [0.15, 0.2) is 6.61 Å². The van der Waals surface area contributed by atoms with Gasteiger partial charge in [0, 0.05) is 5.02 Å². The van der Waals surface area contributed by atoms with Crippen LogP contribution in [0.3, 0.4) is 0 Å². The van der Waals surface area contributed by atoms with Crippen LogP contribution in [0.25, 0.3) is 0 Å². The Balaban J connectivity index is 1.81. The number of nitrogens with zero attached hydrogens (tertiary/aromatic N) is 1. The van der Waals surface area contributed by atoms with Gasteiger partial charge in [-0.25, -0.2) is 5.43 Å². The van der Waals surface area contributed by atoms with E-state index in [0.717, 1.165) is 5.56 Å². The van der Waals surface area contributed by atoms with Gasteiger partial charge < -0.3 is 9.84 Å². The predicted molar refractivity (Wildman–Crippen MR) is 88.5 cm³/mol. The highest BCUT2D eigenvalue weighted by atomic mass is 79.9. The number of carbonyl (C=O) groups excluding carboxylic acids is 1. The molecule has 0 aliphatic heterocycles. The third-order valence-electron chi connectivity index (χ3n) is 2.55. The van der Waals surface area contributed by atoms with Crippen LogP contribution < -0.4 is 10.2 Å². The number of amides is 1. The Morgan fingerprint density at radius 3 is 2.73 bits per heavy atom. The molecule has 2 rings (SSSR count). The summed E-state index contributed by atoms with van der Waals surface area (Å²) < 4.78 is 6.01. The number of hydrogen-bond acceptors (Lipinski definition) is 4. The molecule has 0 aromatic heterocycles. The normalized spacial score (nSPS) is 10.6. The molecule has 0 radical (unpaired) electrons. The summed E-state index contributed by atoms with van der Waals surface area (Å²) in [5, 5.41) is 13.5. The molecule has 1 amide bonds. The smallest absolute Gasteiger partial charge is 0.277 e. The van der Waals surface area contributed by atoms with Crippen LogP contribution in [-0.4, -0.2) is 23.8 Å². The SMILES string of the molecule is O=C(COc1ccc(Cl)cc1Br)N/N=C\c1ccc(O)cc1. The van der Waals surface area contributed by atoms with Crippen LogP contribution in [0.5, 0.6) is 11.5 Å². The van der Waals surface area contributed by atoms with Crippen molar-refractivity contribution in [3.05, 3.63) is 57.5 Å². The first-order chi connectivity index (χ1) is 10.5. The molecule has 0 bridgehead atoms. The van der Waals surface area contributed by atoms with E-state index in [4.69, 9.17) is 21.4 Å². The highest BCUT2D eigenvalue weighted by molar-refractivity contribution is 9.10. The van der Waals surface area contributed by atoms with Gasteiger partial charge in [-0.05, 0) is 64.0 Å². The molecule has 0 saturated carbocycles. The van der Waals surface area contributed by atoms with E-state index in [-0.39, 0.29) is 12.4 Å². The number of halogens is 2. The topological polar surface area (TPSA) is 70.9 Å².